The summed E-state index contributed by atoms with van der Waals surface area (Å²) in [5, 5.41) is 4.03. The first kappa shape index (κ1) is 9.81. The standard InChI is InChI=1S/C11H11ClOS/c1-3-7-8(12)4-5-10-11(7)9(13-2)6-14-10/h4-6H,3H2,1-2H3. The molecule has 0 aliphatic rings. The molecule has 1 heterocycles. The van der Waals surface area contributed by atoms with Gasteiger partial charge in [-0.15, -0.1) is 11.3 Å². The molecular weight excluding hydrogens is 216 g/mol. The topological polar surface area (TPSA) is 9.23 Å². The first-order valence-corrected chi connectivity index (χ1v) is 5.76. The van der Waals surface area contributed by atoms with E-state index in [0.717, 1.165) is 17.2 Å². The van der Waals surface area contributed by atoms with Gasteiger partial charge in [-0.3, -0.25) is 0 Å². The summed E-state index contributed by atoms with van der Waals surface area (Å²) >= 11 is 7.83. The average molecular weight is 227 g/mol. The first-order chi connectivity index (χ1) is 6.77. The SMILES string of the molecule is CCc1c(Cl)ccc2scc(OC)c12. The summed E-state index contributed by atoms with van der Waals surface area (Å²) in [6.07, 6.45) is 0.934. The van der Waals surface area contributed by atoms with E-state index < -0.39 is 0 Å². The maximum atomic E-state index is 6.14. The molecule has 0 saturated heterocycles. The van der Waals surface area contributed by atoms with Crippen molar-refractivity contribution >= 4 is 33.0 Å². The maximum absolute atomic E-state index is 6.14. The van der Waals surface area contributed by atoms with Crippen molar-refractivity contribution in [3.8, 4) is 5.75 Å². The van der Waals surface area contributed by atoms with Crippen molar-refractivity contribution in [2.75, 3.05) is 7.11 Å². The van der Waals surface area contributed by atoms with Crippen LogP contribution in [0.2, 0.25) is 5.02 Å². The molecule has 0 fully saturated rings. The molecule has 2 aromatic rings. The quantitative estimate of drug-likeness (QED) is 0.749. The van der Waals surface area contributed by atoms with E-state index in [1.165, 1.54) is 15.6 Å². The lowest BCUT2D eigenvalue weighted by atomic mass is 10.1. The van der Waals surface area contributed by atoms with E-state index in [2.05, 4.69) is 6.92 Å². The molecule has 0 radical (unpaired) electrons. The van der Waals surface area contributed by atoms with Crippen LogP contribution < -0.4 is 4.74 Å². The number of fused-ring (bicyclic) bond motifs is 1. The monoisotopic (exact) mass is 226 g/mol. The normalized spacial score (nSPS) is 10.8. The van der Waals surface area contributed by atoms with Crippen LogP contribution in [0.15, 0.2) is 17.5 Å². The van der Waals surface area contributed by atoms with Gasteiger partial charge in [0.25, 0.3) is 0 Å². The molecule has 1 nitrogen and oxygen atoms in total. The third-order valence-corrected chi connectivity index (χ3v) is 3.61. The summed E-state index contributed by atoms with van der Waals surface area (Å²) in [4.78, 5) is 0. The molecule has 74 valence electrons. The Bertz CT molecular complexity index is 462. The van der Waals surface area contributed by atoms with Crippen molar-refractivity contribution in [1.82, 2.24) is 0 Å². The van der Waals surface area contributed by atoms with E-state index in [-0.39, 0.29) is 0 Å². The molecule has 0 amide bonds. The van der Waals surface area contributed by atoms with Gasteiger partial charge in [0, 0.05) is 20.5 Å². The molecule has 2 rings (SSSR count). The molecule has 14 heavy (non-hydrogen) atoms. The van der Waals surface area contributed by atoms with Gasteiger partial charge in [0.1, 0.15) is 5.75 Å². The van der Waals surface area contributed by atoms with Gasteiger partial charge in [-0.05, 0) is 24.1 Å². The molecule has 0 atom stereocenters. The summed E-state index contributed by atoms with van der Waals surface area (Å²) < 4.78 is 6.56. The van der Waals surface area contributed by atoms with Gasteiger partial charge in [-0.2, -0.15) is 0 Å². The van der Waals surface area contributed by atoms with Crippen LogP contribution in [0.5, 0.6) is 5.75 Å². The second-order valence-electron chi connectivity index (χ2n) is 3.06. The molecule has 0 saturated carbocycles. The average Bonchev–Trinajstić information content (AvgIpc) is 2.61. The highest BCUT2D eigenvalue weighted by Crippen LogP contribution is 2.37. The zero-order valence-electron chi connectivity index (χ0n) is 8.13. The Labute approximate surface area is 92.3 Å². The third-order valence-electron chi connectivity index (χ3n) is 2.33. The van der Waals surface area contributed by atoms with E-state index in [1.807, 2.05) is 17.5 Å². The number of thiophene rings is 1. The fourth-order valence-electron chi connectivity index (χ4n) is 1.64. The van der Waals surface area contributed by atoms with Crippen LogP contribution in [0, 0.1) is 0 Å². The maximum Gasteiger partial charge on any atom is 0.137 e. The Balaban J connectivity index is 2.81. The van der Waals surface area contributed by atoms with Gasteiger partial charge >= 0.3 is 0 Å². The molecule has 1 aromatic carbocycles. The molecular formula is C11H11ClOS. The highest BCUT2D eigenvalue weighted by atomic mass is 35.5. The van der Waals surface area contributed by atoms with Crippen LogP contribution in [0.25, 0.3) is 10.1 Å². The summed E-state index contributed by atoms with van der Waals surface area (Å²) in [5.41, 5.74) is 1.18. The first-order valence-electron chi connectivity index (χ1n) is 4.50. The fraction of sp³-hybridized carbons (Fsp3) is 0.273. The third kappa shape index (κ3) is 1.39. The van der Waals surface area contributed by atoms with Crippen molar-refractivity contribution in [2.45, 2.75) is 13.3 Å². The minimum absolute atomic E-state index is 0.830. The summed E-state index contributed by atoms with van der Waals surface area (Å²) in [5.74, 6) is 0.935. The smallest absolute Gasteiger partial charge is 0.137 e. The second kappa shape index (κ2) is 3.79. The lowest BCUT2D eigenvalue weighted by molar-refractivity contribution is 0.421. The second-order valence-corrected chi connectivity index (χ2v) is 4.38. The number of benzene rings is 1. The Morgan fingerprint density at radius 3 is 2.86 bits per heavy atom. The molecule has 0 aliphatic heterocycles. The highest BCUT2D eigenvalue weighted by Gasteiger charge is 2.10. The molecule has 0 aliphatic carbocycles. The van der Waals surface area contributed by atoms with Crippen LogP contribution in [0.4, 0.5) is 0 Å². The van der Waals surface area contributed by atoms with Crippen molar-refractivity contribution in [3.05, 3.63) is 28.1 Å². The molecule has 3 heteroatoms. The van der Waals surface area contributed by atoms with Gasteiger partial charge in [0.15, 0.2) is 0 Å². The molecule has 0 bridgehead atoms. The summed E-state index contributed by atoms with van der Waals surface area (Å²) in [6, 6.07) is 4.00. The van der Waals surface area contributed by atoms with Crippen LogP contribution in [-0.2, 0) is 6.42 Å². The number of halogens is 1. The van der Waals surface area contributed by atoms with Crippen molar-refractivity contribution in [1.29, 1.82) is 0 Å². The largest absolute Gasteiger partial charge is 0.495 e. The van der Waals surface area contributed by atoms with Crippen LogP contribution in [0.1, 0.15) is 12.5 Å². The number of hydrogen-bond donors (Lipinski definition) is 0. The minimum Gasteiger partial charge on any atom is -0.495 e. The van der Waals surface area contributed by atoms with E-state index in [4.69, 9.17) is 16.3 Å². The van der Waals surface area contributed by atoms with Crippen molar-refractivity contribution in [2.24, 2.45) is 0 Å². The zero-order valence-corrected chi connectivity index (χ0v) is 9.71. The Morgan fingerprint density at radius 2 is 2.21 bits per heavy atom. The number of hydrogen-bond acceptors (Lipinski definition) is 2. The van der Waals surface area contributed by atoms with Gasteiger partial charge in [-0.25, -0.2) is 0 Å². The van der Waals surface area contributed by atoms with Crippen LogP contribution in [0.3, 0.4) is 0 Å². The zero-order chi connectivity index (χ0) is 10.1. The van der Waals surface area contributed by atoms with E-state index >= 15 is 0 Å². The van der Waals surface area contributed by atoms with Crippen LogP contribution >= 0.6 is 22.9 Å². The molecule has 1 aromatic heterocycles. The van der Waals surface area contributed by atoms with Crippen molar-refractivity contribution in [3.63, 3.8) is 0 Å². The predicted octanol–water partition coefficient (Wildman–Crippen LogP) is 4.13. The van der Waals surface area contributed by atoms with Gasteiger partial charge in [0.2, 0.25) is 0 Å². The van der Waals surface area contributed by atoms with E-state index in [1.54, 1.807) is 18.4 Å². The number of rotatable bonds is 2. The van der Waals surface area contributed by atoms with Gasteiger partial charge < -0.3 is 4.74 Å². The Hall–Kier alpha value is -0.730. The van der Waals surface area contributed by atoms with Gasteiger partial charge in [0.05, 0.1) is 7.11 Å². The van der Waals surface area contributed by atoms with Gasteiger partial charge in [-0.1, -0.05) is 18.5 Å². The Kier molecular flexibility index (Phi) is 2.66. The molecule has 0 unspecified atom stereocenters. The lowest BCUT2D eigenvalue weighted by Gasteiger charge is -2.05. The van der Waals surface area contributed by atoms with E-state index in [9.17, 15) is 0 Å². The Morgan fingerprint density at radius 1 is 1.43 bits per heavy atom. The number of aryl methyl sites for hydroxylation is 1. The highest BCUT2D eigenvalue weighted by molar-refractivity contribution is 7.17. The minimum atomic E-state index is 0.830. The van der Waals surface area contributed by atoms with Crippen molar-refractivity contribution < 1.29 is 4.74 Å². The molecule has 0 N–H and O–H groups in total. The van der Waals surface area contributed by atoms with Crippen LogP contribution in [-0.4, -0.2) is 7.11 Å². The summed E-state index contributed by atoms with van der Waals surface area (Å²) in [7, 11) is 1.70. The fourth-order valence-corrected chi connectivity index (χ4v) is 2.87. The number of ether oxygens (including phenoxy) is 1. The predicted molar refractivity (Wildman–Crippen MR) is 62.8 cm³/mol. The molecule has 0 spiro atoms. The lowest BCUT2D eigenvalue weighted by Crippen LogP contribution is -1.86. The summed E-state index contributed by atoms with van der Waals surface area (Å²) in [6.45, 7) is 2.11. The number of methoxy groups -OCH3 is 1. The van der Waals surface area contributed by atoms with E-state index in [0.29, 0.717) is 0 Å².